The average Bonchev–Trinajstić information content (AvgIpc) is 2.99. The molecule has 0 radical (unpaired) electrons. The van der Waals surface area contributed by atoms with Gasteiger partial charge in [-0.1, -0.05) is 0 Å². The van der Waals surface area contributed by atoms with Gasteiger partial charge in [0, 0.05) is 19.2 Å². The molecule has 0 aliphatic carbocycles. The summed E-state index contributed by atoms with van der Waals surface area (Å²) in [5.74, 6) is 1.64. The van der Waals surface area contributed by atoms with Crippen LogP contribution in [0.1, 0.15) is 25.3 Å². The van der Waals surface area contributed by atoms with E-state index in [0.29, 0.717) is 25.4 Å². The third-order valence-electron chi connectivity index (χ3n) is 3.81. The van der Waals surface area contributed by atoms with Crippen LogP contribution in [0.15, 0.2) is 16.6 Å². The van der Waals surface area contributed by atoms with Crippen LogP contribution in [0.5, 0.6) is 11.5 Å². The van der Waals surface area contributed by atoms with E-state index in [9.17, 15) is 0 Å². The van der Waals surface area contributed by atoms with E-state index in [2.05, 4.69) is 40.3 Å². The molecule has 1 N–H and O–H groups in total. The molecule has 1 aromatic carbocycles. The molecule has 5 heteroatoms. The summed E-state index contributed by atoms with van der Waals surface area (Å²) in [6.45, 7) is 5.10. The maximum Gasteiger partial charge on any atom is 0.175 e. The Morgan fingerprint density at radius 1 is 1.30 bits per heavy atom. The molecule has 110 valence electrons. The van der Waals surface area contributed by atoms with Gasteiger partial charge in [0.2, 0.25) is 0 Å². The minimum Gasteiger partial charge on any atom is -0.486 e. The summed E-state index contributed by atoms with van der Waals surface area (Å²) in [5, 5.41) is 3.53. The summed E-state index contributed by atoms with van der Waals surface area (Å²) in [6.07, 6.45) is 2.67. The van der Waals surface area contributed by atoms with Crippen LogP contribution in [-0.2, 0) is 11.3 Å². The number of rotatable bonds is 4. The zero-order valence-electron chi connectivity index (χ0n) is 11.7. The number of halogens is 1. The van der Waals surface area contributed by atoms with Crippen LogP contribution < -0.4 is 14.8 Å². The Kier molecular flexibility index (Phi) is 4.48. The van der Waals surface area contributed by atoms with Crippen LogP contribution in [0.2, 0.25) is 0 Å². The van der Waals surface area contributed by atoms with Crippen molar-refractivity contribution in [3.63, 3.8) is 0 Å². The Morgan fingerprint density at radius 3 is 2.95 bits per heavy atom. The Bertz CT molecular complexity index is 474. The van der Waals surface area contributed by atoms with Crippen molar-refractivity contribution >= 4 is 15.9 Å². The molecule has 1 fully saturated rings. The van der Waals surface area contributed by atoms with Gasteiger partial charge in [-0.05, 0) is 53.4 Å². The lowest BCUT2D eigenvalue weighted by Crippen LogP contribution is -2.36. The molecule has 2 aliphatic heterocycles. The molecule has 1 saturated heterocycles. The summed E-state index contributed by atoms with van der Waals surface area (Å²) in [6, 6.07) is 4.50. The maximum absolute atomic E-state index is 5.70. The van der Waals surface area contributed by atoms with Crippen molar-refractivity contribution in [3.8, 4) is 11.5 Å². The van der Waals surface area contributed by atoms with Gasteiger partial charge in [0.05, 0.1) is 10.6 Å². The lowest BCUT2D eigenvalue weighted by molar-refractivity contribution is 0.0832. The molecular weight excluding hydrogens is 322 g/mol. The zero-order valence-corrected chi connectivity index (χ0v) is 13.2. The number of benzene rings is 1. The molecule has 0 aromatic heterocycles. The first-order valence-electron chi connectivity index (χ1n) is 7.17. The molecule has 2 heterocycles. The van der Waals surface area contributed by atoms with E-state index in [1.807, 2.05) is 0 Å². The molecule has 2 unspecified atom stereocenters. The smallest absolute Gasteiger partial charge is 0.175 e. The molecule has 20 heavy (non-hydrogen) atoms. The average molecular weight is 342 g/mol. The van der Waals surface area contributed by atoms with Crippen molar-refractivity contribution in [1.82, 2.24) is 5.32 Å². The van der Waals surface area contributed by atoms with Gasteiger partial charge in [-0.3, -0.25) is 0 Å². The fourth-order valence-electron chi connectivity index (χ4n) is 2.67. The van der Waals surface area contributed by atoms with Gasteiger partial charge < -0.3 is 19.5 Å². The Balaban J connectivity index is 1.64. The molecule has 2 atom stereocenters. The predicted molar refractivity (Wildman–Crippen MR) is 80.4 cm³/mol. The lowest BCUT2D eigenvalue weighted by Gasteiger charge is -2.22. The third kappa shape index (κ3) is 3.10. The van der Waals surface area contributed by atoms with E-state index >= 15 is 0 Å². The van der Waals surface area contributed by atoms with Crippen LogP contribution in [0.4, 0.5) is 0 Å². The summed E-state index contributed by atoms with van der Waals surface area (Å²) in [7, 11) is 0. The second kappa shape index (κ2) is 6.33. The van der Waals surface area contributed by atoms with Gasteiger partial charge in [0.15, 0.2) is 11.5 Å². The van der Waals surface area contributed by atoms with Gasteiger partial charge >= 0.3 is 0 Å². The molecule has 1 aromatic rings. The monoisotopic (exact) mass is 341 g/mol. The maximum atomic E-state index is 5.70. The molecule has 3 rings (SSSR count). The Morgan fingerprint density at radius 2 is 2.15 bits per heavy atom. The third-order valence-corrected chi connectivity index (χ3v) is 4.40. The van der Waals surface area contributed by atoms with Crippen LogP contribution in [0, 0.1) is 0 Å². The molecule has 0 saturated carbocycles. The predicted octanol–water partition coefficient (Wildman–Crippen LogP) is 2.88. The summed E-state index contributed by atoms with van der Waals surface area (Å²) >= 11 is 3.55. The summed E-state index contributed by atoms with van der Waals surface area (Å²) < 4.78 is 17.9. The Hall–Kier alpha value is -0.780. The van der Waals surface area contributed by atoms with Gasteiger partial charge in [0.1, 0.15) is 13.2 Å². The highest BCUT2D eigenvalue weighted by Crippen LogP contribution is 2.38. The molecule has 2 aliphatic rings. The van der Waals surface area contributed by atoms with Gasteiger partial charge in [-0.25, -0.2) is 0 Å². The SMILES string of the molecule is CC(NCc1cc(Br)c2c(c1)OCCO2)C1CCCO1. The normalized spacial score (nSPS) is 22.8. The number of hydrogen-bond acceptors (Lipinski definition) is 4. The summed E-state index contributed by atoms with van der Waals surface area (Å²) in [4.78, 5) is 0. The van der Waals surface area contributed by atoms with Crippen LogP contribution >= 0.6 is 15.9 Å². The number of ether oxygens (including phenoxy) is 3. The van der Waals surface area contributed by atoms with Crippen LogP contribution in [0.25, 0.3) is 0 Å². The van der Waals surface area contributed by atoms with Crippen molar-refractivity contribution in [2.75, 3.05) is 19.8 Å². The van der Waals surface area contributed by atoms with Crippen molar-refractivity contribution in [1.29, 1.82) is 0 Å². The largest absolute Gasteiger partial charge is 0.486 e. The first-order valence-corrected chi connectivity index (χ1v) is 7.96. The molecule has 0 amide bonds. The molecule has 0 spiro atoms. The first kappa shape index (κ1) is 14.2. The van der Waals surface area contributed by atoms with Crippen LogP contribution in [0.3, 0.4) is 0 Å². The van der Waals surface area contributed by atoms with E-state index in [1.54, 1.807) is 0 Å². The minimum absolute atomic E-state index is 0.343. The topological polar surface area (TPSA) is 39.7 Å². The quantitative estimate of drug-likeness (QED) is 0.913. The van der Waals surface area contributed by atoms with E-state index in [1.165, 1.54) is 12.0 Å². The minimum atomic E-state index is 0.343. The number of fused-ring (bicyclic) bond motifs is 1. The second-order valence-corrected chi connectivity index (χ2v) is 6.18. The fourth-order valence-corrected chi connectivity index (χ4v) is 3.28. The van der Waals surface area contributed by atoms with E-state index in [0.717, 1.165) is 35.5 Å². The van der Waals surface area contributed by atoms with Gasteiger partial charge in [0.25, 0.3) is 0 Å². The lowest BCUT2D eigenvalue weighted by atomic mass is 10.1. The van der Waals surface area contributed by atoms with Gasteiger partial charge in [-0.15, -0.1) is 0 Å². The fraction of sp³-hybridized carbons (Fsp3) is 0.600. The number of hydrogen-bond donors (Lipinski definition) is 1. The van der Waals surface area contributed by atoms with E-state index in [-0.39, 0.29) is 0 Å². The van der Waals surface area contributed by atoms with Crippen molar-refractivity contribution in [2.45, 2.75) is 38.5 Å². The van der Waals surface area contributed by atoms with Crippen molar-refractivity contribution in [3.05, 3.63) is 22.2 Å². The standard InChI is InChI=1S/C15H20BrNO3/c1-10(13-3-2-4-18-13)17-9-11-7-12(16)15-14(8-11)19-5-6-20-15/h7-8,10,13,17H,2-6,9H2,1H3. The molecule has 4 nitrogen and oxygen atoms in total. The molecule has 0 bridgehead atoms. The van der Waals surface area contributed by atoms with Crippen molar-refractivity contribution < 1.29 is 14.2 Å². The second-order valence-electron chi connectivity index (χ2n) is 5.32. The Labute approximate surface area is 127 Å². The van der Waals surface area contributed by atoms with E-state index < -0.39 is 0 Å². The number of nitrogens with one attached hydrogen (secondary N) is 1. The molecular formula is C15H20BrNO3. The van der Waals surface area contributed by atoms with Gasteiger partial charge in [-0.2, -0.15) is 0 Å². The summed E-state index contributed by atoms with van der Waals surface area (Å²) in [5.41, 5.74) is 1.19. The first-order chi connectivity index (χ1) is 9.74. The highest BCUT2D eigenvalue weighted by atomic mass is 79.9. The van der Waals surface area contributed by atoms with Crippen molar-refractivity contribution in [2.24, 2.45) is 0 Å². The van der Waals surface area contributed by atoms with E-state index in [4.69, 9.17) is 14.2 Å². The highest BCUT2D eigenvalue weighted by molar-refractivity contribution is 9.10. The van der Waals surface area contributed by atoms with Crippen LogP contribution in [-0.4, -0.2) is 32.0 Å². The highest BCUT2D eigenvalue weighted by Gasteiger charge is 2.22. The zero-order chi connectivity index (χ0) is 13.9.